The molecule has 0 saturated heterocycles. The van der Waals surface area contributed by atoms with Crippen LogP contribution in [-0.4, -0.2) is 22.2 Å². The Labute approximate surface area is 77.6 Å². The minimum absolute atomic E-state index is 0.191. The summed E-state index contributed by atoms with van der Waals surface area (Å²) >= 11 is 6.70. The van der Waals surface area contributed by atoms with Gasteiger partial charge in [0.1, 0.15) is 6.61 Å². The molecule has 10 heavy (non-hydrogen) atoms. The minimum Gasteiger partial charge on any atom is -0.465 e. The molecule has 4 heteroatoms. The molecule has 0 unspecified atom stereocenters. The van der Waals surface area contributed by atoms with Gasteiger partial charge in [0, 0.05) is 11.8 Å². The summed E-state index contributed by atoms with van der Waals surface area (Å²) in [6, 6.07) is 0. The van der Waals surface area contributed by atoms with E-state index in [2.05, 4.69) is 31.9 Å². The Balaban J connectivity index is 3.39. The molecule has 0 heterocycles. The van der Waals surface area contributed by atoms with E-state index in [9.17, 15) is 4.79 Å². The lowest BCUT2D eigenvalue weighted by molar-refractivity contribution is -0.140. The van der Waals surface area contributed by atoms with Gasteiger partial charge in [0.2, 0.25) is 0 Å². The summed E-state index contributed by atoms with van der Waals surface area (Å²) in [6.07, 6.45) is 0. The van der Waals surface area contributed by atoms with Crippen LogP contribution in [0.1, 0.15) is 13.8 Å². The van der Waals surface area contributed by atoms with E-state index in [-0.39, 0.29) is 10.8 Å². The number of ether oxygens (including phenoxy) is 1. The molecule has 0 aliphatic rings. The quantitative estimate of drug-likeness (QED) is 0.582. The predicted molar refractivity (Wildman–Crippen MR) is 47.7 cm³/mol. The van der Waals surface area contributed by atoms with Gasteiger partial charge in [-0.25, -0.2) is 0 Å². The summed E-state index contributed by atoms with van der Waals surface area (Å²) in [5, 5.41) is 0. The minimum atomic E-state index is -0.238. The molecule has 0 rings (SSSR count). The molecule has 0 N–H and O–H groups in total. The van der Waals surface area contributed by atoms with Crippen LogP contribution in [0.4, 0.5) is 0 Å². The first-order chi connectivity index (χ1) is 4.54. The maximum Gasteiger partial charge on any atom is 0.302 e. The average molecular weight is 274 g/mol. The molecule has 60 valence electrons. The van der Waals surface area contributed by atoms with E-state index >= 15 is 0 Å². The maximum absolute atomic E-state index is 10.3. The standard InChI is InChI=1S/C6H10Br2O2/c1-4(7)6(8)3-10-5(2)9/h4,6H,3H2,1-2H3/t4-,6+/m0/s1. The molecule has 0 aliphatic heterocycles. The highest BCUT2D eigenvalue weighted by molar-refractivity contribution is 9.12. The summed E-state index contributed by atoms with van der Waals surface area (Å²) in [7, 11) is 0. The summed E-state index contributed by atoms with van der Waals surface area (Å²) in [4.78, 5) is 10.8. The second-order valence-corrected chi connectivity index (χ2v) is 4.62. The highest BCUT2D eigenvalue weighted by atomic mass is 79.9. The van der Waals surface area contributed by atoms with Crippen molar-refractivity contribution in [2.24, 2.45) is 0 Å². The van der Waals surface area contributed by atoms with Gasteiger partial charge >= 0.3 is 5.97 Å². The fourth-order valence-electron chi connectivity index (χ4n) is 0.330. The van der Waals surface area contributed by atoms with E-state index in [0.717, 1.165) is 0 Å². The number of alkyl halides is 2. The second-order valence-electron chi connectivity index (χ2n) is 2.00. The summed E-state index contributed by atoms with van der Waals surface area (Å²) < 4.78 is 4.75. The van der Waals surface area contributed by atoms with E-state index in [0.29, 0.717) is 11.4 Å². The van der Waals surface area contributed by atoms with Crippen LogP contribution in [0, 0.1) is 0 Å². The second kappa shape index (κ2) is 5.13. The van der Waals surface area contributed by atoms with Crippen molar-refractivity contribution < 1.29 is 9.53 Å². The average Bonchev–Trinajstić information content (AvgIpc) is 1.82. The van der Waals surface area contributed by atoms with Gasteiger partial charge in [0.15, 0.2) is 0 Å². The Kier molecular flexibility index (Phi) is 5.35. The number of rotatable bonds is 3. The maximum atomic E-state index is 10.3. The van der Waals surface area contributed by atoms with Gasteiger partial charge < -0.3 is 4.74 Å². The third-order valence-electron chi connectivity index (χ3n) is 0.944. The molecule has 2 atom stereocenters. The molecule has 2 nitrogen and oxygen atoms in total. The highest BCUT2D eigenvalue weighted by Gasteiger charge is 2.11. The molecule has 0 spiro atoms. The SMILES string of the molecule is CC(=O)OC[C@@H](Br)[C@H](C)Br. The first kappa shape index (κ1) is 10.4. The Morgan fingerprint density at radius 1 is 1.60 bits per heavy atom. The molecular formula is C6H10Br2O2. The van der Waals surface area contributed by atoms with Crippen molar-refractivity contribution in [3.8, 4) is 0 Å². The first-order valence-corrected chi connectivity index (χ1v) is 4.78. The lowest BCUT2D eigenvalue weighted by Crippen LogP contribution is -2.18. The van der Waals surface area contributed by atoms with Gasteiger partial charge in [-0.3, -0.25) is 4.79 Å². The van der Waals surface area contributed by atoms with Crippen molar-refractivity contribution >= 4 is 37.8 Å². The number of halogens is 2. The zero-order valence-electron chi connectivity index (χ0n) is 5.93. The van der Waals surface area contributed by atoms with Crippen LogP contribution in [0.2, 0.25) is 0 Å². The third kappa shape index (κ3) is 5.23. The molecule has 0 bridgehead atoms. The lowest BCUT2D eigenvalue weighted by atomic mass is 10.3. The van der Waals surface area contributed by atoms with Crippen LogP contribution in [0.25, 0.3) is 0 Å². The van der Waals surface area contributed by atoms with Gasteiger partial charge in [0.05, 0.1) is 4.83 Å². The van der Waals surface area contributed by atoms with Crippen molar-refractivity contribution in [2.75, 3.05) is 6.61 Å². The van der Waals surface area contributed by atoms with Gasteiger partial charge in [0.25, 0.3) is 0 Å². The van der Waals surface area contributed by atoms with E-state index in [1.165, 1.54) is 6.92 Å². The molecule has 0 aromatic heterocycles. The van der Waals surface area contributed by atoms with Gasteiger partial charge in [-0.2, -0.15) is 0 Å². The molecule has 0 aromatic carbocycles. The summed E-state index contributed by atoms with van der Waals surface area (Å²) in [5.74, 6) is -0.238. The molecule has 0 fully saturated rings. The van der Waals surface area contributed by atoms with Crippen molar-refractivity contribution in [3.05, 3.63) is 0 Å². The number of carbonyl (C=O) groups is 1. The predicted octanol–water partition coefficient (Wildman–Crippen LogP) is 2.10. The molecule has 0 aromatic rings. The van der Waals surface area contributed by atoms with Crippen LogP contribution >= 0.6 is 31.9 Å². The van der Waals surface area contributed by atoms with Crippen molar-refractivity contribution in [1.82, 2.24) is 0 Å². The Hall–Kier alpha value is 0.430. The number of hydrogen-bond acceptors (Lipinski definition) is 2. The van der Waals surface area contributed by atoms with Crippen molar-refractivity contribution in [2.45, 2.75) is 23.5 Å². The number of hydrogen-bond donors (Lipinski definition) is 0. The van der Waals surface area contributed by atoms with Crippen LogP contribution in [-0.2, 0) is 9.53 Å². The zero-order valence-corrected chi connectivity index (χ0v) is 9.11. The van der Waals surface area contributed by atoms with Crippen LogP contribution in [0.3, 0.4) is 0 Å². The smallest absolute Gasteiger partial charge is 0.302 e. The summed E-state index contributed by atoms with van der Waals surface area (Å²) in [6.45, 7) is 3.81. The first-order valence-electron chi connectivity index (χ1n) is 2.95. The molecule has 0 saturated carbocycles. The Morgan fingerprint density at radius 2 is 2.10 bits per heavy atom. The van der Waals surface area contributed by atoms with Gasteiger partial charge in [-0.15, -0.1) is 0 Å². The zero-order chi connectivity index (χ0) is 8.15. The highest BCUT2D eigenvalue weighted by Crippen LogP contribution is 2.13. The normalized spacial score (nSPS) is 16.0. The molecule has 0 aliphatic carbocycles. The van der Waals surface area contributed by atoms with Gasteiger partial charge in [-0.05, 0) is 0 Å². The van der Waals surface area contributed by atoms with Crippen molar-refractivity contribution in [3.63, 3.8) is 0 Å². The van der Waals surface area contributed by atoms with E-state index in [4.69, 9.17) is 4.74 Å². The fourth-order valence-corrected chi connectivity index (χ4v) is 0.614. The molecular weight excluding hydrogens is 264 g/mol. The summed E-state index contributed by atoms with van der Waals surface area (Å²) in [5.41, 5.74) is 0. The van der Waals surface area contributed by atoms with Crippen molar-refractivity contribution in [1.29, 1.82) is 0 Å². The fraction of sp³-hybridized carbons (Fsp3) is 0.833. The van der Waals surface area contributed by atoms with E-state index in [1.807, 2.05) is 6.92 Å². The lowest BCUT2D eigenvalue weighted by Gasteiger charge is -2.10. The van der Waals surface area contributed by atoms with Crippen LogP contribution < -0.4 is 0 Å². The largest absolute Gasteiger partial charge is 0.465 e. The Morgan fingerprint density at radius 3 is 2.40 bits per heavy atom. The van der Waals surface area contributed by atoms with Crippen LogP contribution in [0.5, 0.6) is 0 Å². The topological polar surface area (TPSA) is 26.3 Å². The molecule has 0 amide bonds. The molecule has 0 radical (unpaired) electrons. The van der Waals surface area contributed by atoms with E-state index in [1.54, 1.807) is 0 Å². The Bertz CT molecular complexity index is 114. The van der Waals surface area contributed by atoms with Crippen LogP contribution in [0.15, 0.2) is 0 Å². The monoisotopic (exact) mass is 272 g/mol. The number of esters is 1. The van der Waals surface area contributed by atoms with Gasteiger partial charge in [-0.1, -0.05) is 38.8 Å². The third-order valence-corrected chi connectivity index (χ3v) is 3.35. The number of carbonyl (C=O) groups excluding carboxylic acids is 1. The van der Waals surface area contributed by atoms with E-state index < -0.39 is 0 Å².